The van der Waals surface area contributed by atoms with Crippen LogP contribution in [0, 0.1) is 10.1 Å². The van der Waals surface area contributed by atoms with Crippen LogP contribution >= 0.6 is 0 Å². The fraction of sp³-hybridized carbons (Fsp3) is 0.652. The molecule has 168 valence electrons. The van der Waals surface area contributed by atoms with Crippen molar-refractivity contribution in [1.29, 1.82) is 0 Å². The topological polar surface area (TPSA) is 110 Å². The number of hydrogen-bond donors (Lipinski definition) is 2. The number of unbranched alkanes of at least 4 members (excludes halogenated alkanes) is 12. The minimum atomic E-state index is -1.25. The van der Waals surface area contributed by atoms with E-state index in [0.29, 0.717) is 6.42 Å². The van der Waals surface area contributed by atoms with Gasteiger partial charge in [-0.2, -0.15) is 0 Å². The van der Waals surface area contributed by atoms with Crippen LogP contribution in [0.3, 0.4) is 0 Å². The molecule has 0 aliphatic rings. The number of amides is 1. The van der Waals surface area contributed by atoms with Crippen LogP contribution in [0.4, 0.5) is 11.4 Å². The molecule has 7 heteroatoms. The Morgan fingerprint density at radius 3 is 1.87 bits per heavy atom. The summed E-state index contributed by atoms with van der Waals surface area (Å²) in [5.74, 6) is -1.54. The van der Waals surface area contributed by atoms with Gasteiger partial charge in [-0.3, -0.25) is 14.9 Å². The second kappa shape index (κ2) is 15.4. The number of aromatic carboxylic acids is 1. The molecule has 1 amide bonds. The smallest absolute Gasteiger partial charge is 0.335 e. The highest BCUT2D eigenvalue weighted by Crippen LogP contribution is 2.26. The zero-order valence-corrected chi connectivity index (χ0v) is 18.2. The number of nitrogens with zero attached hydrogens (tertiary/aromatic N) is 1. The van der Waals surface area contributed by atoms with Crippen LogP contribution in [0.5, 0.6) is 0 Å². The van der Waals surface area contributed by atoms with E-state index in [-0.39, 0.29) is 17.2 Å². The molecule has 0 aliphatic heterocycles. The molecular formula is C23H36N2O5. The number of carbonyl (C=O) groups excluding carboxylic acids is 1. The molecule has 0 heterocycles. The highest BCUT2D eigenvalue weighted by molar-refractivity contribution is 5.95. The predicted octanol–water partition coefficient (Wildman–Crippen LogP) is 6.71. The number of carboxylic acid groups (broad SMARTS) is 1. The maximum absolute atomic E-state index is 12.1. The second-order valence-corrected chi connectivity index (χ2v) is 7.84. The van der Waals surface area contributed by atoms with Gasteiger partial charge in [-0.15, -0.1) is 0 Å². The lowest BCUT2D eigenvalue weighted by Crippen LogP contribution is -2.13. The summed E-state index contributed by atoms with van der Waals surface area (Å²) in [5, 5.41) is 22.6. The van der Waals surface area contributed by atoms with Crippen molar-refractivity contribution in [2.45, 2.75) is 96.8 Å². The summed E-state index contributed by atoms with van der Waals surface area (Å²) in [4.78, 5) is 33.4. The Morgan fingerprint density at radius 1 is 0.900 bits per heavy atom. The van der Waals surface area contributed by atoms with Gasteiger partial charge >= 0.3 is 5.97 Å². The number of benzene rings is 1. The van der Waals surface area contributed by atoms with Crippen molar-refractivity contribution in [2.75, 3.05) is 5.32 Å². The fourth-order valence-electron chi connectivity index (χ4n) is 3.44. The minimum absolute atomic E-state index is 0.0321. The quantitative estimate of drug-likeness (QED) is 0.165. The van der Waals surface area contributed by atoms with E-state index in [1.54, 1.807) is 0 Å². The van der Waals surface area contributed by atoms with E-state index in [4.69, 9.17) is 5.11 Å². The van der Waals surface area contributed by atoms with Gasteiger partial charge in [0.05, 0.1) is 10.5 Å². The molecule has 0 unspecified atom stereocenters. The van der Waals surface area contributed by atoms with Gasteiger partial charge < -0.3 is 10.4 Å². The first-order valence-electron chi connectivity index (χ1n) is 11.3. The van der Waals surface area contributed by atoms with Crippen LogP contribution in [0.25, 0.3) is 0 Å². The normalized spacial score (nSPS) is 10.7. The third-order valence-electron chi connectivity index (χ3n) is 5.22. The number of hydrogen-bond acceptors (Lipinski definition) is 4. The Bertz CT molecular complexity index is 676. The average molecular weight is 421 g/mol. The molecule has 0 saturated carbocycles. The van der Waals surface area contributed by atoms with Crippen molar-refractivity contribution >= 4 is 23.3 Å². The zero-order valence-electron chi connectivity index (χ0n) is 18.2. The molecule has 0 aromatic heterocycles. The molecule has 1 rings (SSSR count). The maximum Gasteiger partial charge on any atom is 0.335 e. The van der Waals surface area contributed by atoms with E-state index in [1.807, 2.05) is 0 Å². The van der Waals surface area contributed by atoms with Crippen molar-refractivity contribution in [3.63, 3.8) is 0 Å². The Balaban J connectivity index is 2.14. The van der Waals surface area contributed by atoms with Crippen LogP contribution in [0.1, 0.15) is 107 Å². The molecule has 30 heavy (non-hydrogen) atoms. The monoisotopic (exact) mass is 420 g/mol. The molecule has 0 saturated heterocycles. The van der Waals surface area contributed by atoms with E-state index < -0.39 is 16.6 Å². The largest absolute Gasteiger partial charge is 0.478 e. The average Bonchev–Trinajstić information content (AvgIpc) is 2.71. The highest BCUT2D eigenvalue weighted by Gasteiger charge is 2.18. The number of nitrogens with one attached hydrogen (secondary N) is 1. The van der Waals surface area contributed by atoms with Gasteiger partial charge in [-0.05, 0) is 18.6 Å². The molecular weight excluding hydrogens is 384 g/mol. The molecule has 0 aliphatic carbocycles. The van der Waals surface area contributed by atoms with Crippen molar-refractivity contribution in [2.24, 2.45) is 0 Å². The van der Waals surface area contributed by atoms with Gasteiger partial charge in [0, 0.05) is 12.5 Å². The van der Waals surface area contributed by atoms with Gasteiger partial charge in [0.1, 0.15) is 5.69 Å². The first-order chi connectivity index (χ1) is 14.5. The SMILES string of the molecule is CCCCCCCCCCCCCCCC(=O)Nc1ccc(C(=O)O)cc1[N+](=O)[O-]. The van der Waals surface area contributed by atoms with Crippen LogP contribution in [-0.4, -0.2) is 21.9 Å². The third-order valence-corrected chi connectivity index (χ3v) is 5.22. The van der Waals surface area contributed by atoms with Crippen molar-refractivity contribution < 1.29 is 19.6 Å². The Morgan fingerprint density at radius 2 is 1.40 bits per heavy atom. The van der Waals surface area contributed by atoms with Gasteiger partial charge in [-0.1, -0.05) is 84.0 Å². The predicted molar refractivity (Wildman–Crippen MR) is 119 cm³/mol. The Kier molecular flexibility index (Phi) is 13.1. The first kappa shape index (κ1) is 25.6. The Labute approximate surface area is 179 Å². The van der Waals surface area contributed by atoms with Crippen LogP contribution < -0.4 is 5.32 Å². The fourth-order valence-corrected chi connectivity index (χ4v) is 3.44. The van der Waals surface area contributed by atoms with Gasteiger partial charge in [0.2, 0.25) is 5.91 Å². The number of anilines is 1. The molecule has 0 spiro atoms. The number of rotatable bonds is 17. The first-order valence-corrected chi connectivity index (χ1v) is 11.3. The number of carbonyl (C=O) groups is 2. The van der Waals surface area contributed by atoms with Gasteiger partial charge in [0.25, 0.3) is 5.69 Å². The summed E-state index contributed by atoms with van der Waals surface area (Å²) >= 11 is 0. The Hall–Kier alpha value is -2.44. The lowest BCUT2D eigenvalue weighted by atomic mass is 10.0. The maximum atomic E-state index is 12.1. The van der Waals surface area contributed by atoms with Crippen molar-refractivity contribution in [3.05, 3.63) is 33.9 Å². The number of carboxylic acids is 1. The third kappa shape index (κ3) is 10.9. The second-order valence-electron chi connectivity index (χ2n) is 7.84. The molecule has 0 radical (unpaired) electrons. The summed E-state index contributed by atoms with van der Waals surface area (Å²) in [6.45, 7) is 2.24. The van der Waals surface area contributed by atoms with E-state index in [0.717, 1.165) is 25.3 Å². The summed E-state index contributed by atoms with van der Waals surface area (Å²) in [7, 11) is 0. The molecule has 0 atom stereocenters. The van der Waals surface area contributed by atoms with Crippen molar-refractivity contribution in [1.82, 2.24) is 0 Å². The molecule has 1 aromatic carbocycles. The highest BCUT2D eigenvalue weighted by atomic mass is 16.6. The summed E-state index contributed by atoms with van der Waals surface area (Å²) < 4.78 is 0. The molecule has 7 nitrogen and oxygen atoms in total. The lowest BCUT2D eigenvalue weighted by Gasteiger charge is -2.07. The molecule has 2 N–H and O–H groups in total. The standard InChI is InChI=1S/C23H36N2O5/c1-2-3-4-5-6-7-8-9-10-11-12-13-14-15-22(26)24-20-17-16-19(23(27)28)18-21(20)25(29)30/h16-18H,2-15H2,1H3,(H,24,26)(H,27,28). The van der Waals surface area contributed by atoms with Crippen LogP contribution in [0.2, 0.25) is 0 Å². The van der Waals surface area contributed by atoms with Crippen LogP contribution in [0.15, 0.2) is 18.2 Å². The van der Waals surface area contributed by atoms with Crippen molar-refractivity contribution in [3.8, 4) is 0 Å². The summed E-state index contributed by atoms with van der Waals surface area (Å²) in [5.41, 5.74) is -0.561. The van der Waals surface area contributed by atoms with Gasteiger partial charge in [0.15, 0.2) is 0 Å². The number of nitro benzene ring substituents is 1. The zero-order chi connectivity index (χ0) is 22.2. The number of nitro groups is 1. The molecule has 0 fully saturated rings. The van der Waals surface area contributed by atoms with Gasteiger partial charge in [-0.25, -0.2) is 4.79 Å². The summed E-state index contributed by atoms with van der Waals surface area (Å²) in [6, 6.07) is 3.47. The summed E-state index contributed by atoms with van der Waals surface area (Å²) in [6.07, 6.45) is 16.2. The van der Waals surface area contributed by atoms with E-state index >= 15 is 0 Å². The molecule has 0 bridgehead atoms. The van der Waals surface area contributed by atoms with Crippen LogP contribution in [-0.2, 0) is 4.79 Å². The minimum Gasteiger partial charge on any atom is -0.478 e. The lowest BCUT2D eigenvalue weighted by molar-refractivity contribution is -0.384. The van der Waals surface area contributed by atoms with E-state index in [1.165, 1.54) is 76.3 Å². The molecule has 1 aromatic rings. The van der Waals surface area contributed by atoms with E-state index in [9.17, 15) is 19.7 Å². The van der Waals surface area contributed by atoms with E-state index in [2.05, 4.69) is 12.2 Å².